The van der Waals surface area contributed by atoms with Crippen LogP contribution in [0.25, 0.3) is 5.69 Å². The molecule has 1 heterocycles. The van der Waals surface area contributed by atoms with Gasteiger partial charge >= 0.3 is 5.69 Å². The minimum absolute atomic E-state index is 0.0116. The van der Waals surface area contributed by atoms with Crippen LogP contribution in [0.15, 0.2) is 29.1 Å². The minimum Gasteiger partial charge on any atom is -0.493 e. The monoisotopic (exact) mass is 306 g/mol. The number of H-pyrrole nitrogens is 1. The van der Waals surface area contributed by atoms with Crippen LogP contribution in [0.5, 0.6) is 5.88 Å². The van der Waals surface area contributed by atoms with Gasteiger partial charge in [0.1, 0.15) is 0 Å². The summed E-state index contributed by atoms with van der Waals surface area (Å²) in [6.45, 7) is 6.42. The largest absolute Gasteiger partial charge is 0.493 e. The molecule has 0 aliphatic carbocycles. The van der Waals surface area contributed by atoms with Gasteiger partial charge in [0.25, 0.3) is 0 Å². The fraction of sp³-hybridized carbons (Fsp3) is 0.438. The van der Waals surface area contributed by atoms with E-state index in [9.17, 15) is 9.90 Å². The second kappa shape index (κ2) is 6.02. The molecule has 0 unspecified atom stereocenters. The Morgan fingerprint density at radius 2 is 1.86 bits per heavy atom. The first kappa shape index (κ1) is 15.8. The fourth-order valence-electron chi connectivity index (χ4n) is 2.20. The third kappa shape index (κ3) is 3.35. The molecule has 0 radical (unpaired) electrons. The molecular formula is C16H22N2O2S. The van der Waals surface area contributed by atoms with E-state index in [0.717, 1.165) is 5.75 Å². The first-order chi connectivity index (χ1) is 9.84. The van der Waals surface area contributed by atoms with Crippen molar-refractivity contribution < 1.29 is 5.11 Å². The number of nitrogens with one attached hydrogen (secondary N) is 1. The van der Waals surface area contributed by atoms with E-state index in [1.165, 1.54) is 10.1 Å². The molecular weight excluding hydrogens is 284 g/mol. The number of imidazole rings is 1. The molecule has 21 heavy (non-hydrogen) atoms. The summed E-state index contributed by atoms with van der Waals surface area (Å²) in [5, 5.41) is 10.2. The maximum absolute atomic E-state index is 12.0. The van der Waals surface area contributed by atoms with Crippen molar-refractivity contribution in [2.75, 3.05) is 12.0 Å². The van der Waals surface area contributed by atoms with Crippen LogP contribution < -0.4 is 5.69 Å². The van der Waals surface area contributed by atoms with Gasteiger partial charge in [0.15, 0.2) is 0 Å². The quantitative estimate of drug-likeness (QED) is 0.912. The molecule has 0 saturated carbocycles. The predicted octanol–water partition coefficient (Wildman–Crippen LogP) is 3.07. The lowest BCUT2D eigenvalue weighted by atomic mass is 9.87. The maximum atomic E-state index is 12.0. The number of thioether (sulfide) groups is 1. The first-order valence-electron chi connectivity index (χ1n) is 6.97. The molecule has 1 aromatic carbocycles. The molecule has 0 aliphatic heterocycles. The number of aromatic hydroxyl groups is 1. The number of aryl methyl sites for hydroxylation is 1. The summed E-state index contributed by atoms with van der Waals surface area (Å²) in [6, 6.07) is 7.73. The highest BCUT2D eigenvalue weighted by atomic mass is 32.2. The smallest absolute Gasteiger partial charge is 0.333 e. The lowest BCUT2D eigenvalue weighted by Gasteiger charge is -2.19. The van der Waals surface area contributed by atoms with E-state index in [-0.39, 0.29) is 17.0 Å². The SMILES string of the molecule is CSCCc1[nH]c(=O)n(-c2ccc(C(C)(C)C)cc2)c1O. The normalized spacial score (nSPS) is 11.8. The zero-order chi connectivity index (χ0) is 15.6. The number of rotatable bonds is 4. The van der Waals surface area contributed by atoms with E-state index in [2.05, 4.69) is 25.8 Å². The van der Waals surface area contributed by atoms with Crippen molar-refractivity contribution in [1.29, 1.82) is 0 Å². The summed E-state index contributed by atoms with van der Waals surface area (Å²) >= 11 is 1.68. The molecule has 2 aromatic rings. The standard InChI is InChI=1S/C16H22N2O2S/c1-16(2,3)11-5-7-12(8-6-11)18-14(19)13(9-10-21-4)17-15(18)20/h5-8,19H,9-10H2,1-4H3,(H,17,20). The molecule has 4 nitrogen and oxygen atoms in total. The molecule has 2 N–H and O–H groups in total. The van der Waals surface area contributed by atoms with Crippen LogP contribution in [-0.4, -0.2) is 26.7 Å². The average Bonchev–Trinajstić information content (AvgIpc) is 2.70. The molecule has 2 rings (SSSR count). The van der Waals surface area contributed by atoms with Gasteiger partial charge in [-0.05, 0) is 35.1 Å². The van der Waals surface area contributed by atoms with Crippen LogP contribution in [0.4, 0.5) is 0 Å². The van der Waals surface area contributed by atoms with E-state index >= 15 is 0 Å². The summed E-state index contributed by atoms with van der Waals surface area (Å²) in [5.74, 6) is 0.869. The van der Waals surface area contributed by atoms with Crippen LogP contribution in [0, 0.1) is 0 Å². The van der Waals surface area contributed by atoms with Gasteiger partial charge in [-0.15, -0.1) is 0 Å². The molecule has 0 saturated heterocycles. The summed E-state index contributed by atoms with van der Waals surface area (Å²) in [6.07, 6.45) is 2.65. The zero-order valence-corrected chi connectivity index (χ0v) is 13.8. The van der Waals surface area contributed by atoms with Crippen LogP contribution in [0.2, 0.25) is 0 Å². The van der Waals surface area contributed by atoms with Crippen LogP contribution in [-0.2, 0) is 11.8 Å². The molecule has 0 atom stereocenters. The molecule has 0 amide bonds. The van der Waals surface area contributed by atoms with E-state index in [0.29, 0.717) is 17.8 Å². The van der Waals surface area contributed by atoms with Gasteiger partial charge in [0, 0.05) is 6.42 Å². The molecule has 0 aliphatic rings. The Kier molecular flexibility index (Phi) is 4.52. The third-order valence-corrected chi connectivity index (χ3v) is 4.10. The van der Waals surface area contributed by atoms with Crippen molar-refractivity contribution in [3.8, 4) is 11.6 Å². The van der Waals surface area contributed by atoms with Crippen molar-refractivity contribution in [3.63, 3.8) is 0 Å². The highest BCUT2D eigenvalue weighted by Crippen LogP contribution is 2.25. The van der Waals surface area contributed by atoms with Gasteiger partial charge in [0.05, 0.1) is 11.4 Å². The van der Waals surface area contributed by atoms with Gasteiger partial charge in [-0.1, -0.05) is 32.9 Å². The van der Waals surface area contributed by atoms with E-state index in [4.69, 9.17) is 0 Å². The van der Waals surface area contributed by atoms with Crippen molar-refractivity contribution >= 4 is 11.8 Å². The summed E-state index contributed by atoms with van der Waals surface area (Å²) < 4.78 is 1.32. The van der Waals surface area contributed by atoms with Crippen molar-refractivity contribution in [2.45, 2.75) is 32.6 Å². The third-order valence-electron chi connectivity index (χ3n) is 3.49. The molecule has 1 aromatic heterocycles. The maximum Gasteiger partial charge on any atom is 0.333 e. The van der Waals surface area contributed by atoms with Gasteiger partial charge < -0.3 is 10.1 Å². The molecule has 114 valence electrons. The van der Waals surface area contributed by atoms with Crippen molar-refractivity contribution in [1.82, 2.24) is 9.55 Å². The lowest BCUT2D eigenvalue weighted by molar-refractivity contribution is 0.435. The van der Waals surface area contributed by atoms with Crippen LogP contribution in [0.1, 0.15) is 32.0 Å². The number of aromatic amines is 1. The summed E-state index contributed by atoms with van der Waals surface area (Å²) in [4.78, 5) is 14.8. The fourth-order valence-corrected chi connectivity index (χ4v) is 2.61. The lowest BCUT2D eigenvalue weighted by Crippen LogP contribution is -2.15. The number of nitrogens with zero attached hydrogens (tertiary/aromatic N) is 1. The summed E-state index contributed by atoms with van der Waals surface area (Å²) in [7, 11) is 0. The number of hydrogen-bond acceptors (Lipinski definition) is 3. The van der Waals surface area contributed by atoms with Gasteiger partial charge in [-0.2, -0.15) is 11.8 Å². The Labute approximate surface area is 129 Å². The van der Waals surface area contributed by atoms with E-state index < -0.39 is 0 Å². The zero-order valence-electron chi connectivity index (χ0n) is 12.9. The van der Waals surface area contributed by atoms with Crippen molar-refractivity contribution in [2.24, 2.45) is 0 Å². The molecule has 0 spiro atoms. The molecule has 0 bridgehead atoms. The van der Waals surface area contributed by atoms with E-state index in [1.54, 1.807) is 11.8 Å². The van der Waals surface area contributed by atoms with E-state index in [1.807, 2.05) is 30.5 Å². The Morgan fingerprint density at radius 3 is 2.38 bits per heavy atom. The predicted molar refractivity (Wildman–Crippen MR) is 88.8 cm³/mol. The Bertz CT molecular complexity index is 663. The molecule has 5 heteroatoms. The number of benzene rings is 1. The Morgan fingerprint density at radius 1 is 1.24 bits per heavy atom. The molecule has 0 fully saturated rings. The summed E-state index contributed by atoms with van der Waals surface area (Å²) in [5.41, 5.74) is 2.23. The topological polar surface area (TPSA) is 58.0 Å². The van der Waals surface area contributed by atoms with Gasteiger partial charge in [-0.3, -0.25) is 0 Å². The first-order valence-corrected chi connectivity index (χ1v) is 8.36. The average molecular weight is 306 g/mol. The number of aromatic nitrogens is 2. The van der Waals surface area contributed by atoms with Gasteiger partial charge in [0.2, 0.25) is 5.88 Å². The number of hydrogen-bond donors (Lipinski definition) is 2. The minimum atomic E-state index is -0.299. The highest BCUT2D eigenvalue weighted by molar-refractivity contribution is 7.98. The highest BCUT2D eigenvalue weighted by Gasteiger charge is 2.16. The van der Waals surface area contributed by atoms with Crippen LogP contribution >= 0.6 is 11.8 Å². The van der Waals surface area contributed by atoms with Gasteiger partial charge in [-0.25, -0.2) is 9.36 Å². The van der Waals surface area contributed by atoms with Crippen LogP contribution in [0.3, 0.4) is 0 Å². The second-order valence-electron chi connectivity index (χ2n) is 6.11. The Hall–Kier alpha value is -1.62. The second-order valence-corrected chi connectivity index (χ2v) is 7.09. The Balaban J connectivity index is 2.38. The van der Waals surface area contributed by atoms with Crippen molar-refractivity contribution in [3.05, 3.63) is 46.0 Å².